The SMILES string of the molecule is CC(=CCl)CNC(C)c1nncn1C. The highest BCUT2D eigenvalue weighted by Gasteiger charge is 2.09. The maximum atomic E-state index is 5.56. The molecule has 4 nitrogen and oxygen atoms in total. The van der Waals surface area contributed by atoms with Crippen LogP contribution in [0.2, 0.25) is 0 Å². The fraction of sp³-hybridized carbons (Fsp3) is 0.556. The summed E-state index contributed by atoms with van der Waals surface area (Å²) in [7, 11) is 1.93. The molecule has 5 heteroatoms. The van der Waals surface area contributed by atoms with E-state index < -0.39 is 0 Å². The molecule has 0 saturated heterocycles. The summed E-state index contributed by atoms with van der Waals surface area (Å²) >= 11 is 5.56. The van der Waals surface area contributed by atoms with Gasteiger partial charge in [0.15, 0.2) is 0 Å². The van der Waals surface area contributed by atoms with E-state index in [1.807, 2.05) is 25.5 Å². The average molecular weight is 215 g/mol. The number of hydrogen-bond acceptors (Lipinski definition) is 3. The second-order valence-electron chi connectivity index (χ2n) is 3.36. The lowest BCUT2D eigenvalue weighted by molar-refractivity contribution is 0.552. The van der Waals surface area contributed by atoms with Crippen LogP contribution in [0.1, 0.15) is 25.7 Å². The van der Waals surface area contributed by atoms with Gasteiger partial charge < -0.3 is 9.88 Å². The standard InChI is InChI=1S/C9H15ClN4/c1-7(4-10)5-11-8(2)9-13-12-6-14(9)3/h4,6,8,11H,5H2,1-3H3. The molecular weight excluding hydrogens is 200 g/mol. The van der Waals surface area contributed by atoms with Crippen molar-refractivity contribution >= 4 is 11.6 Å². The summed E-state index contributed by atoms with van der Waals surface area (Å²) in [4.78, 5) is 0. The lowest BCUT2D eigenvalue weighted by Gasteiger charge is -2.12. The Balaban J connectivity index is 2.51. The second-order valence-corrected chi connectivity index (χ2v) is 3.58. The third-order valence-corrected chi connectivity index (χ3v) is 2.38. The van der Waals surface area contributed by atoms with Crippen LogP contribution in [0.5, 0.6) is 0 Å². The van der Waals surface area contributed by atoms with Crippen molar-refractivity contribution in [2.45, 2.75) is 19.9 Å². The number of halogens is 1. The number of rotatable bonds is 4. The molecule has 1 aromatic rings. The van der Waals surface area contributed by atoms with Crippen molar-refractivity contribution < 1.29 is 0 Å². The van der Waals surface area contributed by atoms with Gasteiger partial charge in [-0.15, -0.1) is 10.2 Å². The fourth-order valence-corrected chi connectivity index (χ4v) is 1.21. The van der Waals surface area contributed by atoms with Gasteiger partial charge in [0.05, 0.1) is 6.04 Å². The minimum Gasteiger partial charge on any atom is -0.319 e. The topological polar surface area (TPSA) is 42.7 Å². The van der Waals surface area contributed by atoms with Crippen LogP contribution in [0.4, 0.5) is 0 Å². The predicted molar refractivity (Wildman–Crippen MR) is 57.0 cm³/mol. The molecule has 1 unspecified atom stereocenters. The monoisotopic (exact) mass is 214 g/mol. The zero-order chi connectivity index (χ0) is 10.6. The van der Waals surface area contributed by atoms with Crippen molar-refractivity contribution in [1.29, 1.82) is 0 Å². The molecular formula is C9H15ClN4. The molecule has 1 N–H and O–H groups in total. The summed E-state index contributed by atoms with van der Waals surface area (Å²) in [6.07, 6.45) is 1.69. The van der Waals surface area contributed by atoms with Gasteiger partial charge in [0.2, 0.25) is 0 Å². The molecule has 14 heavy (non-hydrogen) atoms. The van der Waals surface area contributed by atoms with Gasteiger partial charge >= 0.3 is 0 Å². The van der Waals surface area contributed by atoms with Crippen molar-refractivity contribution in [2.24, 2.45) is 7.05 Å². The summed E-state index contributed by atoms with van der Waals surface area (Å²) in [6, 6.07) is 0.175. The molecule has 0 fully saturated rings. The molecule has 0 amide bonds. The van der Waals surface area contributed by atoms with Gasteiger partial charge in [0.1, 0.15) is 12.2 Å². The van der Waals surface area contributed by atoms with Crippen LogP contribution in [0.3, 0.4) is 0 Å². The van der Waals surface area contributed by atoms with Gasteiger partial charge in [-0.05, 0) is 19.4 Å². The van der Waals surface area contributed by atoms with Crippen molar-refractivity contribution in [1.82, 2.24) is 20.1 Å². The van der Waals surface area contributed by atoms with Crippen LogP contribution in [0.15, 0.2) is 17.4 Å². The lowest BCUT2D eigenvalue weighted by Crippen LogP contribution is -2.23. The van der Waals surface area contributed by atoms with E-state index in [4.69, 9.17) is 11.6 Å². The van der Waals surface area contributed by atoms with E-state index in [2.05, 4.69) is 15.5 Å². The number of hydrogen-bond donors (Lipinski definition) is 1. The van der Waals surface area contributed by atoms with Crippen LogP contribution in [0.25, 0.3) is 0 Å². The Morgan fingerprint density at radius 1 is 1.79 bits per heavy atom. The van der Waals surface area contributed by atoms with E-state index in [1.54, 1.807) is 11.9 Å². The molecule has 0 aliphatic rings. The summed E-state index contributed by atoms with van der Waals surface area (Å²) in [6.45, 7) is 4.78. The van der Waals surface area contributed by atoms with Crippen molar-refractivity contribution in [3.63, 3.8) is 0 Å². The maximum Gasteiger partial charge on any atom is 0.149 e. The van der Waals surface area contributed by atoms with E-state index in [-0.39, 0.29) is 6.04 Å². The normalized spacial score (nSPS) is 14.4. The Labute approximate surface area is 89.0 Å². The predicted octanol–water partition coefficient (Wildman–Crippen LogP) is 1.61. The van der Waals surface area contributed by atoms with Gasteiger partial charge in [0, 0.05) is 19.1 Å². The third kappa shape index (κ3) is 2.82. The van der Waals surface area contributed by atoms with Crippen molar-refractivity contribution in [2.75, 3.05) is 6.54 Å². The molecule has 1 rings (SSSR count). The quantitative estimate of drug-likeness (QED) is 0.828. The summed E-state index contributed by atoms with van der Waals surface area (Å²) in [5.74, 6) is 0.923. The molecule has 1 atom stereocenters. The summed E-state index contributed by atoms with van der Waals surface area (Å²) in [5.41, 5.74) is 2.68. The van der Waals surface area contributed by atoms with Crippen molar-refractivity contribution in [3.8, 4) is 0 Å². The molecule has 0 aromatic carbocycles. The van der Waals surface area contributed by atoms with E-state index >= 15 is 0 Å². The number of aryl methyl sites for hydroxylation is 1. The zero-order valence-electron chi connectivity index (χ0n) is 8.66. The molecule has 1 heterocycles. The maximum absolute atomic E-state index is 5.56. The van der Waals surface area contributed by atoms with Gasteiger partial charge in [0.25, 0.3) is 0 Å². The highest BCUT2D eigenvalue weighted by molar-refractivity contribution is 6.25. The van der Waals surface area contributed by atoms with Crippen LogP contribution in [0, 0.1) is 0 Å². The second kappa shape index (κ2) is 5.12. The lowest BCUT2D eigenvalue weighted by atomic mass is 10.3. The molecule has 0 spiro atoms. The number of nitrogens with zero attached hydrogens (tertiary/aromatic N) is 3. The first-order valence-electron chi connectivity index (χ1n) is 4.48. The molecule has 0 bridgehead atoms. The number of nitrogens with one attached hydrogen (secondary N) is 1. The first-order chi connectivity index (χ1) is 6.65. The van der Waals surface area contributed by atoms with E-state index in [0.29, 0.717) is 0 Å². The molecule has 0 aliphatic carbocycles. The number of aromatic nitrogens is 3. The Morgan fingerprint density at radius 3 is 3.00 bits per heavy atom. The average Bonchev–Trinajstić information content (AvgIpc) is 2.60. The first-order valence-corrected chi connectivity index (χ1v) is 4.92. The minimum atomic E-state index is 0.175. The molecule has 78 valence electrons. The van der Waals surface area contributed by atoms with Crippen LogP contribution >= 0.6 is 11.6 Å². The van der Waals surface area contributed by atoms with Crippen LogP contribution < -0.4 is 5.32 Å². The molecule has 0 saturated carbocycles. The van der Waals surface area contributed by atoms with Crippen LogP contribution in [-0.4, -0.2) is 21.3 Å². The largest absolute Gasteiger partial charge is 0.319 e. The zero-order valence-corrected chi connectivity index (χ0v) is 9.41. The highest BCUT2D eigenvalue weighted by Crippen LogP contribution is 2.07. The van der Waals surface area contributed by atoms with Gasteiger partial charge in [-0.3, -0.25) is 0 Å². The van der Waals surface area contributed by atoms with Gasteiger partial charge in [-0.1, -0.05) is 11.6 Å². The Morgan fingerprint density at radius 2 is 2.50 bits per heavy atom. The fourth-order valence-electron chi connectivity index (χ4n) is 1.13. The Bertz CT molecular complexity index is 318. The molecule has 1 aromatic heterocycles. The van der Waals surface area contributed by atoms with Gasteiger partial charge in [-0.25, -0.2) is 0 Å². The molecule has 0 aliphatic heterocycles. The highest BCUT2D eigenvalue weighted by atomic mass is 35.5. The van der Waals surface area contributed by atoms with E-state index in [9.17, 15) is 0 Å². The summed E-state index contributed by atoms with van der Waals surface area (Å²) < 4.78 is 1.90. The minimum absolute atomic E-state index is 0.175. The Hall–Kier alpha value is -0.870. The Kier molecular flexibility index (Phi) is 4.10. The van der Waals surface area contributed by atoms with Gasteiger partial charge in [-0.2, -0.15) is 0 Å². The molecule has 0 radical (unpaired) electrons. The van der Waals surface area contributed by atoms with E-state index in [0.717, 1.165) is 17.9 Å². The first kappa shape index (κ1) is 11.2. The smallest absolute Gasteiger partial charge is 0.149 e. The van der Waals surface area contributed by atoms with E-state index in [1.165, 1.54) is 0 Å². The third-order valence-electron chi connectivity index (χ3n) is 2.01. The van der Waals surface area contributed by atoms with Crippen LogP contribution in [-0.2, 0) is 7.05 Å². The summed E-state index contributed by atoms with van der Waals surface area (Å²) in [5, 5.41) is 11.1. The van der Waals surface area contributed by atoms with Crippen molar-refractivity contribution in [3.05, 3.63) is 23.3 Å².